The van der Waals surface area contributed by atoms with Gasteiger partial charge in [-0.3, -0.25) is 14.2 Å². The summed E-state index contributed by atoms with van der Waals surface area (Å²) in [6.07, 6.45) is 0. The lowest BCUT2D eigenvalue weighted by atomic mass is 10.2. The van der Waals surface area contributed by atoms with E-state index in [0.29, 0.717) is 38.4 Å². The minimum atomic E-state index is -0.483. The summed E-state index contributed by atoms with van der Waals surface area (Å²) in [6.45, 7) is 8.08. The Hall–Kier alpha value is -2.03. The molecule has 0 radical (unpaired) electrons. The van der Waals surface area contributed by atoms with Crippen molar-refractivity contribution in [3.8, 4) is 5.75 Å². The molecule has 6 nitrogen and oxygen atoms in total. The highest BCUT2D eigenvalue weighted by Crippen LogP contribution is 2.31. The molecule has 2 heterocycles. The van der Waals surface area contributed by atoms with E-state index in [1.807, 2.05) is 20.8 Å². The molecule has 0 fully saturated rings. The first-order valence-electron chi connectivity index (χ1n) is 9.08. The molecule has 0 aliphatic carbocycles. The number of carbonyl (C=O) groups excluding carboxylic acids is 1. The van der Waals surface area contributed by atoms with Gasteiger partial charge in [0.2, 0.25) is 5.91 Å². The highest BCUT2D eigenvalue weighted by Gasteiger charge is 2.22. The first-order chi connectivity index (χ1) is 13.8. The van der Waals surface area contributed by atoms with Crippen LogP contribution in [0.3, 0.4) is 0 Å². The van der Waals surface area contributed by atoms with Crippen LogP contribution < -0.4 is 15.6 Å². The van der Waals surface area contributed by atoms with Crippen LogP contribution in [0.4, 0.5) is 5.69 Å². The molecule has 3 rings (SSSR count). The molecule has 0 bridgehead atoms. The number of carbonyl (C=O) groups is 1. The predicted octanol–water partition coefficient (Wildman–Crippen LogP) is 4.88. The maximum absolute atomic E-state index is 13.0. The minimum Gasteiger partial charge on any atom is -0.495 e. The number of hydrogen-bond acceptors (Lipinski definition) is 6. The fourth-order valence-corrected chi connectivity index (χ4v) is 5.12. The van der Waals surface area contributed by atoms with Crippen LogP contribution in [0.25, 0.3) is 10.2 Å². The third-order valence-corrected chi connectivity index (χ3v) is 7.07. The molecule has 2 aromatic heterocycles. The van der Waals surface area contributed by atoms with E-state index in [2.05, 4.69) is 10.3 Å². The second kappa shape index (κ2) is 8.77. The van der Waals surface area contributed by atoms with Crippen LogP contribution in [0, 0.1) is 13.8 Å². The Morgan fingerprint density at radius 2 is 2.14 bits per heavy atom. The Morgan fingerprint density at radius 3 is 2.79 bits per heavy atom. The largest absolute Gasteiger partial charge is 0.495 e. The van der Waals surface area contributed by atoms with E-state index < -0.39 is 5.25 Å². The van der Waals surface area contributed by atoms with Crippen molar-refractivity contribution in [1.82, 2.24) is 9.55 Å². The maximum atomic E-state index is 13.0. The lowest BCUT2D eigenvalue weighted by Gasteiger charge is -2.16. The summed E-state index contributed by atoms with van der Waals surface area (Å²) in [6, 6.07) is 5.03. The lowest BCUT2D eigenvalue weighted by Crippen LogP contribution is -2.26. The molecule has 1 amide bonds. The summed E-state index contributed by atoms with van der Waals surface area (Å²) in [5.41, 5.74) is 1.41. The van der Waals surface area contributed by atoms with E-state index >= 15 is 0 Å². The van der Waals surface area contributed by atoms with Crippen LogP contribution in [0.15, 0.2) is 28.2 Å². The molecule has 154 valence electrons. The van der Waals surface area contributed by atoms with Crippen molar-refractivity contribution in [2.45, 2.75) is 44.6 Å². The molecule has 0 aliphatic heterocycles. The van der Waals surface area contributed by atoms with E-state index in [1.54, 1.807) is 29.7 Å². The normalized spacial score (nSPS) is 12.2. The summed E-state index contributed by atoms with van der Waals surface area (Å²) in [7, 11) is 1.53. The van der Waals surface area contributed by atoms with Crippen LogP contribution in [-0.4, -0.2) is 27.8 Å². The van der Waals surface area contributed by atoms with Gasteiger partial charge in [0.15, 0.2) is 5.16 Å². The second-order valence-corrected chi connectivity index (χ2v) is 9.45. The first kappa shape index (κ1) is 21.7. The van der Waals surface area contributed by atoms with E-state index in [-0.39, 0.29) is 11.5 Å². The fourth-order valence-electron chi connectivity index (χ4n) is 2.90. The van der Waals surface area contributed by atoms with Crippen molar-refractivity contribution >= 4 is 56.5 Å². The predicted molar refractivity (Wildman–Crippen MR) is 121 cm³/mol. The molecule has 0 saturated heterocycles. The Kier molecular flexibility index (Phi) is 6.55. The van der Waals surface area contributed by atoms with Gasteiger partial charge in [-0.2, -0.15) is 0 Å². The summed E-state index contributed by atoms with van der Waals surface area (Å²) in [5.74, 6) is 0.292. The molecular weight excluding hydrogens is 430 g/mol. The van der Waals surface area contributed by atoms with Gasteiger partial charge in [-0.25, -0.2) is 4.98 Å². The molecule has 0 saturated carbocycles. The average Bonchev–Trinajstić information content (AvgIpc) is 2.96. The van der Waals surface area contributed by atoms with Gasteiger partial charge in [-0.1, -0.05) is 23.4 Å². The number of halogens is 1. The zero-order valence-corrected chi connectivity index (χ0v) is 19.2. The first-order valence-corrected chi connectivity index (χ1v) is 11.2. The number of nitrogens with one attached hydrogen (secondary N) is 1. The zero-order valence-electron chi connectivity index (χ0n) is 16.8. The zero-order chi connectivity index (χ0) is 21.3. The van der Waals surface area contributed by atoms with Gasteiger partial charge in [0, 0.05) is 16.4 Å². The van der Waals surface area contributed by atoms with Crippen LogP contribution in [0.2, 0.25) is 5.02 Å². The van der Waals surface area contributed by atoms with Crippen LogP contribution in [-0.2, 0) is 11.3 Å². The topological polar surface area (TPSA) is 73.2 Å². The van der Waals surface area contributed by atoms with Crippen LogP contribution in [0.1, 0.15) is 24.3 Å². The van der Waals surface area contributed by atoms with Crippen molar-refractivity contribution < 1.29 is 9.53 Å². The molecule has 1 unspecified atom stereocenters. The number of thioether (sulfide) groups is 1. The van der Waals surface area contributed by atoms with Gasteiger partial charge in [-0.15, -0.1) is 11.3 Å². The standard InChI is InChI=1S/C20H22ClN3O3S2/c1-6-24-19(26)16-10(2)11(3)28-18(16)23-20(24)29-12(4)17(25)22-14-9-13(21)7-8-15(14)27-5/h7-9,12H,6H2,1-5H3,(H,22,25). The summed E-state index contributed by atoms with van der Waals surface area (Å²) in [4.78, 5) is 32.2. The quantitative estimate of drug-likeness (QED) is 0.427. The van der Waals surface area contributed by atoms with E-state index in [9.17, 15) is 9.59 Å². The number of aromatic nitrogens is 2. The van der Waals surface area contributed by atoms with Crippen molar-refractivity contribution in [1.29, 1.82) is 0 Å². The SMILES string of the molecule is CCn1c(SC(C)C(=O)Nc2cc(Cl)ccc2OC)nc2sc(C)c(C)c2c1=O. The highest BCUT2D eigenvalue weighted by molar-refractivity contribution is 8.00. The monoisotopic (exact) mass is 451 g/mol. The Balaban J connectivity index is 1.89. The lowest BCUT2D eigenvalue weighted by molar-refractivity contribution is -0.115. The van der Waals surface area contributed by atoms with Gasteiger partial charge < -0.3 is 10.1 Å². The number of thiophene rings is 1. The van der Waals surface area contributed by atoms with Crippen LogP contribution in [0.5, 0.6) is 5.75 Å². The number of nitrogens with zero attached hydrogens (tertiary/aromatic N) is 2. The molecule has 1 N–H and O–H groups in total. The molecule has 29 heavy (non-hydrogen) atoms. The van der Waals surface area contributed by atoms with Gasteiger partial charge >= 0.3 is 0 Å². The molecule has 1 atom stereocenters. The molecule has 0 aliphatic rings. The Morgan fingerprint density at radius 1 is 1.41 bits per heavy atom. The van der Waals surface area contributed by atoms with E-state index in [4.69, 9.17) is 16.3 Å². The Bertz CT molecular complexity index is 1140. The van der Waals surface area contributed by atoms with Gasteiger partial charge in [0.25, 0.3) is 5.56 Å². The maximum Gasteiger partial charge on any atom is 0.263 e. The summed E-state index contributed by atoms with van der Waals surface area (Å²) >= 11 is 8.79. The molecule has 9 heteroatoms. The minimum absolute atomic E-state index is 0.0639. The van der Waals surface area contributed by atoms with Crippen LogP contribution >= 0.6 is 34.7 Å². The van der Waals surface area contributed by atoms with Crippen molar-refractivity contribution in [3.63, 3.8) is 0 Å². The number of methoxy groups -OCH3 is 1. The molecule has 3 aromatic rings. The number of benzene rings is 1. The number of ether oxygens (including phenoxy) is 1. The van der Waals surface area contributed by atoms with E-state index in [1.165, 1.54) is 30.2 Å². The number of amides is 1. The number of rotatable bonds is 6. The fraction of sp³-hybridized carbons (Fsp3) is 0.350. The molecular formula is C20H22ClN3O3S2. The highest BCUT2D eigenvalue weighted by atomic mass is 35.5. The van der Waals surface area contributed by atoms with Crippen molar-refractivity contribution in [2.24, 2.45) is 0 Å². The molecule has 1 aromatic carbocycles. The third-order valence-electron chi connectivity index (χ3n) is 4.64. The van der Waals surface area contributed by atoms with Gasteiger partial charge in [0.05, 0.1) is 23.4 Å². The van der Waals surface area contributed by atoms with Crippen molar-refractivity contribution in [3.05, 3.63) is 44.0 Å². The average molecular weight is 452 g/mol. The smallest absolute Gasteiger partial charge is 0.263 e. The summed E-state index contributed by atoms with van der Waals surface area (Å²) in [5, 5.41) is 4.06. The van der Waals surface area contributed by atoms with Crippen molar-refractivity contribution in [2.75, 3.05) is 12.4 Å². The van der Waals surface area contributed by atoms with E-state index in [0.717, 1.165) is 10.4 Å². The summed E-state index contributed by atoms with van der Waals surface area (Å²) < 4.78 is 6.90. The molecule has 0 spiro atoms. The third kappa shape index (κ3) is 4.29. The number of anilines is 1. The Labute approximate surface area is 182 Å². The second-order valence-electron chi connectivity index (χ2n) is 6.50. The van der Waals surface area contributed by atoms with Gasteiger partial charge in [0.1, 0.15) is 10.6 Å². The van der Waals surface area contributed by atoms with Gasteiger partial charge in [-0.05, 0) is 51.5 Å². The number of hydrogen-bond donors (Lipinski definition) is 1. The number of aryl methyl sites for hydroxylation is 2. The number of fused-ring (bicyclic) bond motifs is 1.